The van der Waals surface area contributed by atoms with Crippen LogP contribution in [0.25, 0.3) is 88.0 Å². The molecule has 3 nitrogen and oxygen atoms in total. The highest BCUT2D eigenvalue weighted by atomic mass is 16.3. The Bertz CT molecular complexity index is 3420. The minimum Gasteiger partial charge on any atom is -0.455 e. The SMILES string of the molecule is CC1(C)c2ccccc2-c2ccc(N(c3ccc(-c4cccc5c4oc4ccccc45)cc3)c3cccc4c3oc3c(-c5ccccc5)c5ccccc5cc34)cc21. The van der Waals surface area contributed by atoms with Crippen molar-refractivity contribution in [3.8, 4) is 33.4 Å². The number of rotatable bonds is 5. The standard InChI is InChI=1S/C55H37NO2/c1-55(2)47-23-10-8-18-41(47)42-31-30-38(33-48(42)55)56(37-28-26-34(27-29-37)40-20-12-21-44-43-19-9-11-25-50(43)57-52(40)44)49-24-13-22-45-46-32-36-16-6-7-17-39(36)51(54(46)58-53(45)49)35-14-4-3-5-15-35/h3-33H,1-2H3. The number of fused-ring (bicyclic) bond motifs is 10. The fourth-order valence-corrected chi connectivity index (χ4v) is 9.67. The van der Waals surface area contributed by atoms with Crippen LogP contribution in [0.5, 0.6) is 0 Å². The number of anilines is 3. The van der Waals surface area contributed by atoms with E-state index in [1.807, 2.05) is 12.1 Å². The molecule has 1 aliphatic carbocycles. The first-order valence-corrected chi connectivity index (χ1v) is 20.0. The number of hydrogen-bond donors (Lipinski definition) is 0. The van der Waals surface area contributed by atoms with Gasteiger partial charge in [0, 0.05) is 49.5 Å². The molecule has 12 rings (SSSR count). The van der Waals surface area contributed by atoms with Crippen LogP contribution in [0.1, 0.15) is 25.0 Å². The second kappa shape index (κ2) is 12.3. The van der Waals surface area contributed by atoms with Gasteiger partial charge in [-0.05, 0) is 86.6 Å². The highest BCUT2D eigenvalue weighted by Crippen LogP contribution is 2.52. The van der Waals surface area contributed by atoms with Gasteiger partial charge in [0.1, 0.15) is 16.7 Å². The van der Waals surface area contributed by atoms with Crippen molar-refractivity contribution in [2.75, 3.05) is 4.90 Å². The molecule has 0 N–H and O–H groups in total. The van der Waals surface area contributed by atoms with Crippen LogP contribution < -0.4 is 4.90 Å². The van der Waals surface area contributed by atoms with E-state index in [0.29, 0.717) is 0 Å². The molecule has 0 saturated heterocycles. The molecule has 0 atom stereocenters. The van der Waals surface area contributed by atoms with E-state index in [4.69, 9.17) is 8.83 Å². The summed E-state index contributed by atoms with van der Waals surface area (Å²) in [5.74, 6) is 0. The van der Waals surface area contributed by atoms with Crippen LogP contribution in [0, 0.1) is 0 Å². The zero-order valence-corrected chi connectivity index (χ0v) is 32.2. The summed E-state index contributed by atoms with van der Waals surface area (Å²) in [5, 5.41) is 6.81. The minimum atomic E-state index is -0.154. The lowest BCUT2D eigenvalue weighted by atomic mass is 9.82. The third-order valence-electron chi connectivity index (χ3n) is 12.5. The van der Waals surface area contributed by atoms with Gasteiger partial charge in [0.15, 0.2) is 5.58 Å². The first-order chi connectivity index (χ1) is 28.5. The van der Waals surface area contributed by atoms with Crippen molar-refractivity contribution in [1.29, 1.82) is 0 Å². The topological polar surface area (TPSA) is 29.5 Å². The number of hydrogen-bond acceptors (Lipinski definition) is 3. The van der Waals surface area contributed by atoms with Gasteiger partial charge in [-0.2, -0.15) is 0 Å². The average molecular weight is 744 g/mol. The summed E-state index contributed by atoms with van der Waals surface area (Å²) in [4.78, 5) is 2.37. The summed E-state index contributed by atoms with van der Waals surface area (Å²) in [5.41, 5.74) is 16.2. The van der Waals surface area contributed by atoms with Crippen LogP contribution in [0.2, 0.25) is 0 Å². The highest BCUT2D eigenvalue weighted by molar-refractivity contribution is 6.20. The predicted octanol–water partition coefficient (Wildman–Crippen LogP) is 15.7. The second-order valence-electron chi connectivity index (χ2n) is 16.0. The smallest absolute Gasteiger partial charge is 0.159 e. The Morgan fingerprint density at radius 3 is 1.91 bits per heavy atom. The number of benzene rings is 9. The molecule has 58 heavy (non-hydrogen) atoms. The van der Waals surface area contributed by atoms with Crippen molar-refractivity contribution in [3.63, 3.8) is 0 Å². The maximum absolute atomic E-state index is 7.20. The van der Waals surface area contributed by atoms with Crippen LogP contribution in [-0.4, -0.2) is 0 Å². The molecule has 0 saturated carbocycles. The van der Waals surface area contributed by atoms with Gasteiger partial charge in [-0.15, -0.1) is 0 Å². The van der Waals surface area contributed by atoms with Crippen molar-refractivity contribution in [1.82, 2.24) is 0 Å². The van der Waals surface area contributed by atoms with E-state index < -0.39 is 0 Å². The lowest BCUT2D eigenvalue weighted by molar-refractivity contribution is 0.660. The van der Waals surface area contributed by atoms with Crippen molar-refractivity contribution >= 4 is 71.7 Å². The van der Waals surface area contributed by atoms with E-state index in [9.17, 15) is 0 Å². The summed E-state index contributed by atoms with van der Waals surface area (Å²) in [6.45, 7) is 4.68. The summed E-state index contributed by atoms with van der Waals surface area (Å²) in [6.07, 6.45) is 0. The van der Waals surface area contributed by atoms with Gasteiger partial charge in [0.25, 0.3) is 0 Å². The normalized spacial score (nSPS) is 13.1. The van der Waals surface area contributed by atoms with Crippen LogP contribution in [0.3, 0.4) is 0 Å². The first-order valence-electron chi connectivity index (χ1n) is 20.0. The monoisotopic (exact) mass is 743 g/mol. The van der Waals surface area contributed by atoms with E-state index in [0.717, 1.165) is 83.2 Å². The first kappa shape index (κ1) is 32.8. The third-order valence-corrected chi connectivity index (χ3v) is 12.5. The number of para-hydroxylation sites is 3. The number of furan rings is 2. The molecule has 9 aromatic carbocycles. The molecular formula is C55H37NO2. The third kappa shape index (κ3) is 4.74. The van der Waals surface area contributed by atoms with Crippen LogP contribution >= 0.6 is 0 Å². The van der Waals surface area contributed by atoms with Gasteiger partial charge < -0.3 is 13.7 Å². The Kier molecular flexibility index (Phi) is 6.98. The van der Waals surface area contributed by atoms with E-state index >= 15 is 0 Å². The summed E-state index contributed by atoms with van der Waals surface area (Å²) in [6, 6.07) is 67.5. The molecule has 2 heterocycles. The molecule has 0 aliphatic heterocycles. The molecule has 0 spiro atoms. The van der Waals surface area contributed by atoms with Gasteiger partial charge in [0.05, 0.1) is 5.69 Å². The maximum Gasteiger partial charge on any atom is 0.159 e. The fourth-order valence-electron chi connectivity index (χ4n) is 9.67. The molecule has 11 aromatic rings. The second-order valence-corrected chi connectivity index (χ2v) is 16.0. The van der Waals surface area contributed by atoms with Gasteiger partial charge in [-0.1, -0.05) is 159 Å². The molecule has 0 amide bonds. The van der Waals surface area contributed by atoms with Gasteiger partial charge in [-0.25, -0.2) is 0 Å². The highest BCUT2D eigenvalue weighted by Gasteiger charge is 2.36. The Morgan fingerprint density at radius 2 is 1.05 bits per heavy atom. The van der Waals surface area contributed by atoms with Gasteiger partial charge >= 0.3 is 0 Å². The summed E-state index contributed by atoms with van der Waals surface area (Å²) >= 11 is 0. The average Bonchev–Trinajstić information content (AvgIpc) is 3.91. The molecule has 0 radical (unpaired) electrons. The molecule has 1 aliphatic rings. The van der Waals surface area contributed by atoms with E-state index in [2.05, 4.69) is 195 Å². The molecule has 3 heteroatoms. The lowest BCUT2D eigenvalue weighted by Gasteiger charge is -2.28. The summed E-state index contributed by atoms with van der Waals surface area (Å²) in [7, 11) is 0. The van der Waals surface area contributed by atoms with Crippen molar-refractivity contribution in [3.05, 3.63) is 199 Å². The van der Waals surface area contributed by atoms with Gasteiger partial charge in [-0.3, -0.25) is 0 Å². The zero-order chi connectivity index (χ0) is 38.5. The van der Waals surface area contributed by atoms with Crippen LogP contribution in [0.4, 0.5) is 17.1 Å². The number of nitrogens with zero attached hydrogens (tertiary/aromatic N) is 1. The van der Waals surface area contributed by atoms with Crippen molar-refractivity contribution < 1.29 is 8.83 Å². The Hall–Kier alpha value is -7.36. The summed E-state index contributed by atoms with van der Waals surface area (Å²) < 4.78 is 13.7. The molecule has 0 unspecified atom stereocenters. The fraction of sp³-hybridized carbons (Fsp3) is 0.0545. The Balaban J connectivity index is 1.09. The van der Waals surface area contributed by atoms with E-state index in [1.165, 1.54) is 33.0 Å². The van der Waals surface area contributed by atoms with Crippen LogP contribution in [-0.2, 0) is 5.41 Å². The largest absolute Gasteiger partial charge is 0.455 e. The molecule has 274 valence electrons. The van der Waals surface area contributed by atoms with E-state index in [1.54, 1.807) is 0 Å². The van der Waals surface area contributed by atoms with Crippen molar-refractivity contribution in [2.24, 2.45) is 0 Å². The molecule has 2 aromatic heterocycles. The Labute approximate surface area is 336 Å². The quantitative estimate of drug-likeness (QED) is 0.176. The zero-order valence-electron chi connectivity index (χ0n) is 32.2. The molecule has 0 bridgehead atoms. The lowest BCUT2D eigenvalue weighted by Crippen LogP contribution is -2.16. The van der Waals surface area contributed by atoms with Crippen LogP contribution in [0.15, 0.2) is 197 Å². The Morgan fingerprint density at radius 1 is 0.397 bits per heavy atom. The van der Waals surface area contributed by atoms with E-state index in [-0.39, 0.29) is 5.41 Å². The maximum atomic E-state index is 7.20. The predicted molar refractivity (Wildman–Crippen MR) is 242 cm³/mol. The molecule has 0 fully saturated rings. The molecular weight excluding hydrogens is 707 g/mol. The minimum absolute atomic E-state index is 0.154. The van der Waals surface area contributed by atoms with Crippen molar-refractivity contribution in [2.45, 2.75) is 19.3 Å². The van der Waals surface area contributed by atoms with Gasteiger partial charge in [0.2, 0.25) is 0 Å².